The summed E-state index contributed by atoms with van der Waals surface area (Å²) in [5, 5.41) is 3.07. The molecule has 0 saturated heterocycles. The summed E-state index contributed by atoms with van der Waals surface area (Å²) in [7, 11) is -2.46. The number of aromatic nitrogens is 3. The standard InChI is InChI=1S/C39H52N6O8S2/c1-9-10-11-12-13-14-17-51-32-16-15-24(2)20-33(32)53-54(47)43-29-21-28(22-30(36(29)50-7)44-55(8,48)49)37-41-38-34(31(40-6)23-45(38)42-37)39(46)52-35-26(4)18-25(3)19-27(35)5/h15-16,20-23,25-27,35,43-44H,9-14,17-19H2,1-5,7-8H3,(H,41,42). The molecule has 1 saturated carbocycles. The van der Waals surface area contributed by atoms with Crippen molar-refractivity contribution in [2.75, 3.05) is 29.4 Å². The first-order valence-electron chi connectivity index (χ1n) is 18.7. The zero-order valence-corrected chi connectivity index (χ0v) is 34.2. The molecule has 16 heteroatoms. The van der Waals surface area contributed by atoms with Gasteiger partial charge in [0.05, 0.1) is 37.9 Å². The first-order chi connectivity index (χ1) is 26.2. The lowest BCUT2D eigenvalue weighted by molar-refractivity contribution is -0.0249. The number of unbranched alkanes of at least 4 members (excludes halogenated alkanes) is 5. The van der Waals surface area contributed by atoms with E-state index in [1.54, 1.807) is 18.2 Å². The van der Waals surface area contributed by atoms with Crippen LogP contribution in [0.5, 0.6) is 17.2 Å². The van der Waals surface area contributed by atoms with Crippen molar-refractivity contribution < 1.29 is 35.8 Å². The second-order valence-electron chi connectivity index (χ2n) is 14.6. The molecule has 0 spiro atoms. The number of esters is 1. The van der Waals surface area contributed by atoms with Crippen LogP contribution in [0.4, 0.5) is 17.1 Å². The number of hydrogen-bond acceptors (Lipinski definition) is 9. The van der Waals surface area contributed by atoms with Crippen molar-refractivity contribution in [2.45, 2.75) is 92.1 Å². The van der Waals surface area contributed by atoms with E-state index in [2.05, 4.69) is 52.1 Å². The maximum Gasteiger partial charge on any atom is 0.331 e. The maximum absolute atomic E-state index is 13.7. The van der Waals surface area contributed by atoms with E-state index in [1.807, 2.05) is 13.0 Å². The van der Waals surface area contributed by atoms with Crippen molar-refractivity contribution in [1.29, 1.82) is 0 Å². The Kier molecular flexibility index (Phi) is 13.7. The number of carbonyl (C=O) groups excluding carboxylic acids is 1. The van der Waals surface area contributed by atoms with Crippen LogP contribution < -0.4 is 23.1 Å². The molecule has 55 heavy (non-hydrogen) atoms. The van der Waals surface area contributed by atoms with Gasteiger partial charge in [-0.1, -0.05) is 65.9 Å². The molecule has 1 aliphatic carbocycles. The molecular weight excluding hydrogens is 745 g/mol. The SMILES string of the molecule is [C-]#[N+]c1cn2[nH]c(-c3cc(NS(=O)Oc4cc(C)ccc4OCCCCCCCC)c(OC)c(NS(C)(=O)=O)c3)nc2c1C(=O)OC1C(C)CC(C)CC1C. The molecule has 3 N–H and O–H groups in total. The predicted octanol–water partition coefficient (Wildman–Crippen LogP) is 8.61. The Morgan fingerprint density at radius 2 is 1.75 bits per heavy atom. The summed E-state index contributed by atoms with van der Waals surface area (Å²) >= 11 is -2.21. The first-order valence-corrected chi connectivity index (χ1v) is 21.7. The van der Waals surface area contributed by atoms with Gasteiger partial charge in [-0.15, -0.1) is 0 Å². The van der Waals surface area contributed by atoms with Crippen LogP contribution in [-0.2, 0) is 26.0 Å². The van der Waals surface area contributed by atoms with Gasteiger partial charge in [0.25, 0.3) is 0 Å². The van der Waals surface area contributed by atoms with Gasteiger partial charge in [0.15, 0.2) is 28.7 Å². The lowest BCUT2D eigenvalue weighted by Gasteiger charge is -2.37. The Morgan fingerprint density at radius 1 is 1.05 bits per heavy atom. The fourth-order valence-electron chi connectivity index (χ4n) is 7.34. The number of aromatic amines is 1. The summed E-state index contributed by atoms with van der Waals surface area (Å²) in [6, 6.07) is 8.42. The summed E-state index contributed by atoms with van der Waals surface area (Å²) < 4.78 is 68.7. The molecule has 14 nitrogen and oxygen atoms in total. The minimum atomic E-state index is -3.81. The predicted molar refractivity (Wildman–Crippen MR) is 215 cm³/mol. The number of methoxy groups -OCH3 is 1. The summed E-state index contributed by atoms with van der Waals surface area (Å²) in [6.07, 6.45) is 10.7. The molecule has 1 fully saturated rings. The van der Waals surface area contributed by atoms with E-state index in [0.717, 1.165) is 43.9 Å². The molecule has 0 aliphatic heterocycles. The topological polar surface area (TPSA) is 167 Å². The monoisotopic (exact) mass is 796 g/mol. The Morgan fingerprint density at radius 3 is 2.42 bits per heavy atom. The molecule has 298 valence electrons. The lowest BCUT2D eigenvalue weighted by Crippen LogP contribution is -2.37. The molecule has 2 heterocycles. The summed E-state index contributed by atoms with van der Waals surface area (Å²) in [5.74, 6) is 1.16. The highest BCUT2D eigenvalue weighted by atomic mass is 32.2. The molecule has 3 atom stereocenters. The molecular formula is C39H52N6O8S2. The number of fused-ring (bicyclic) bond motifs is 1. The van der Waals surface area contributed by atoms with Gasteiger partial charge >= 0.3 is 17.2 Å². The number of hydrogen-bond donors (Lipinski definition) is 3. The van der Waals surface area contributed by atoms with Crippen molar-refractivity contribution in [3.63, 3.8) is 0 Å². The fraction of sp³-hybridized carbons (Fsp3) is 0.513. The van der Waals surface area contributed by atoms with Crippen molar-refractivity contribution in [3.05, 3.63) is 59.1 Å². The Hall–Kier alpha value is -4.75. The van der Waals surface area contributed by atoms with Crippen molar-refractivity contribution in [1.82, 2.24) is 14.6 Å². The van der Waals surface area contributed by atoms with Crippen molar-refractivity contribution in [3.8, 4) is 28.6 Å². The maximum atomic E-state index is 13.7. The normalized spacial score (nSPS) is 19.0. The number of rotatable bonds is 18. The average molecular weight is 797 g/mol. The third kappa shape index (κ3) is 10.5. The van der Waals surface area contributed by atoms with Gasteiger partial charge in [-0.2, -0.15) is 4.21 Å². The number of H-pyrrole nitrogens is 1. The minimum absolute atomic E-state index is 0.0255. The molecule has 5 rings (SSSR count). The molecule has 0 bridgehead atoms. The minimum Gasteiger partial charge on any atom is -0.492 e. The molecule has 1 aliphatic rings. The van der Waals surface area contributed by atoms with Gasteiger partial charge in [-0.25, -0.2) is 23.0 Å². The van der Waals surface area contributed by atoms with E-state index in [1.165, 1.54) is 43.2 Å². The van der Waals surface area contributed by atoms with Gasteiger partial charge in [0, 0.05) is 11.8 Å². The van der Waals surface area contributed by atoms with Crippen LogP contribution in [0.15, 0.2) is 36.5 Å². The van der Waals surface area contributed by atoms with Crippen LogP contribution in [0, 0.1) is 31.2 Å². The number of sulfonamides is 1. The Bertz CT molecular complexity index is 2150. The average Bonchev–Trinajstić information content (AvgIpc) is 3.67. The number of nitrogens with one attached hydrogen (secondary N) is 3. The number of anilines is 2. The lowest BCUT2D eigenvalue weighted by atomic mass is 9.75. The highest BCUT2D eigenvalue weighted by Crippen LogP contribution is 2.41. The number of benzene rings is 2. The van der Waals surface area contributed by atoms with Crippen molar-refractivity contribution >= 4 is 50.0 Å². The van der Waals surface area contributed by atoms with E-state index in [0.29, 0.717) is 23.8 Å². The van der Waals surface area contributed by atoms with Crippen LogP contribution >= 0.6 is 0 Å². The second-order valence-corrected chi connectivity index (χ2v) is 17.2. The van der Waals surface area contributed by atoms with Gasteiger partial charge in [0.1, 0.15) is 11.7 Å². The van der Waals surface area contributed by atoms with Gasteiger partial charge in [-0.05, 0) is 73.8 Å². The third-order valence-corrected chi connectivity index (χ3v) is 11.0. The van der Waals surface area contributed by atoms with E-state index < -0.39 is 27.3 Å². The molecule has 2 aromatic heterocycles. The number of carbonyl (C=O) groups is 1. The Balaban J connectivity index is 1.43. The van der Waals surface area contributed by atoms with E-state index >= 15 is 0 Å². The molecule has 2 aromatic carbocycles. The number of ether oxygens (including phenoxy) is 3. The van der Waals surface area contributed by atoms with E-state index in [9.17, 15) is 17.4 Å². The summed E-state index contributed by atoms with van der Waals surface area (Å²) in [6.45, 7) is 18.6. The summed E-state index contributed by atoms with van der Waals surface area (Å²) in [4.78, 5) is 21.9. The number of aryl methyl sites for hydroxylation is 1. The molecule has 3 unspecified atom stereocenters. The van der Waals surface area contributed by atoms with Crippen molar-refractivity contribution in [2.24, 2.45) is 17.8 Å². The van der Waals surface area contributed by atoms with Gasteiger partial charge in [0.2, 0.25) is 15.7 Å². The molecule has 4 aromatic rings. The second kappa shape index (κ2) is 18.3. The van der Waals surface area contributed by atoms with Gasteiger partial charge in [-0.3, -0.25) is 19.1 Å². The number of nitrogens with zero attached hydrogens (tertiary/aromatic N) is 3. The third-order valence-electron chi connectivity index (χ3n) is 9.72. The quantitative estimate of drug-likeness (QED) is 0.0508. The fourth-order valence-corrected chi connectivity index (χ4v) is 8.55. The van der Waals surface area contributed by atoms with Crippen LogP contribution in [0.2, 0.25) is 0 Å². The zero-order valence-electron chi connectivity index (χ0n) is 32.6. The molecule has 0 amide bonds. The highest BCUT2D eigenvalue weighted by Gasteiger charge is 2.36. The van der Waals surface area contributed by atoms with Crippen LogP contribution in [0.1, 0.15) is 95.0 Å². The zero-order chi connectivity index (χ0) is 39.9. The van der Waals surface area contributed by atoms with Gasteiger partial charge < -0.3 is 18.4 Å². The van der Waals surface area contributed by atoms with Crippen LogP contribution in [0.3, 0.4) is 0 Å². The smallest absolute Gasteiger partial charge is 0.331 e. The highest BCUT2D eigenvalue weighted by molar-refractivity contribution is 7.92. The first kappa shape index (κ1) is 41.4. The van der Waals surface area contributed by atoms with Crippen LogP contribution in [0.25, 0.3) is 21.9 Å². The largest absolute Gasteiger partial charge is 0.492 e. The summed E-state index contributed by atoms with van der Waals surface area (Å²) in [5.41, 5.74) is 1.61. The molecule has 0 radical (unpaired) electrons. The van der Waals surface area contributed by atoms with E-state index in [-0.39, 0.29) is 63.5 Å². The van der Waals surface area contributed by atoms with E-state index in [4.69, 9.17) is 25.0 Å². The Labute approximate surface area is 326 Å². The van der Waals surface area contributed by atoms with Crippen LogP contribution in [-0.4, -0.2) is 59.3 Å².